The van der Waals surface area contributed by atoms with Crippen LogP contribution in [0.1, 0.15) is 5.56 Å². The smallest absolute Gasteiger partial charge is 0.250 e. The molecule has 1 fully saturated rings. The third-order valence-corrected chi connectivity index (χ3v) is 3.60. The van der Waals surface area contributed by atoms with Crippen molar-refractivity contribution in [1.82, 2.24) is 5.32 Å². The van der Waals surface area contributed by atoms with Crippen LogP contribution in [0.3, 0.4) is 0 Å². The maximum Gasteiger partial charge on any atom is 0.250 e. The van der Waals surface area contributed by atoms with Crippen LogP contribution in [-0.2, 0) is 14.3 Å². The van der Waals surface area contributed by atoms with Crippen LogP contribution in [0.4, 0.5) is 0 Å². The number of fused-ring (bicyclic) bond motifs is 1. The third kappa shape index (κ3) is 3.40. The van der Waals surface area contributed by atoms with Crippen LogP contribution >= 0.6 is 0 Å². The summed E-state index contributed by atoms with van der Waals surface area (Å²) in [5.41, 5.74) is 1.42. The van der Waals surface area contributed by atoms with Crippen molar-refractivity contribution in [2.75, 3.05) is 40.1 Å². The zero-order chi connectivity index (χ0) is 15.4. The topological polar surface area (TPSA) is 66.0 Å². The van der Waals surface area contributed by atoms with Crippen LogP contribution in [0.15, 0.2) is 23.8 Å². The molecule has 2 heterocycles. The second-order valence-corrected chi connectivity index (χ2v) is 5.14. The maximum atomic E-state index is 12.2. The van der Waals surface area contributed by atoms with E-state index in [1.807, 2.05) is 24.3 Å². The van der Waals surface area contributed by atoms with Crippen LogP contribution in [0, 0.1) is 0 Å². The minimum atomic E-state index is -0.150. The summed E-state index contributed by atoms with van der Waals surface area (Å²) < 4.78 is 21.6. The van der Waals surface area contributed by atoms with Crippen LogP contribution < -0.4 is 14.8 Å². The van der Waals surface area contributed by atoms with Crippen molar-refractivity contribution in [1.29, 1.82) is 0 Å². The minimum Gasteiger partial charge on any atom is -0.497 e. The van der Waals surface area contributed by atoms with E-state index in [-0.39, 0.29) is 18.6 Å². The van der Waals surface area contributed by atoms with E-state index in [0.29, 0.717) is 31.9 Å². The van der Waals surface area contributed by atoms with Gasteiger partial charge in [-0.3, -0.25) is 4.79 Å². The summed E-state index contributed by atoms with van der Waals surface area (Å²) in [4.78, 5) is 12.2. The van der Waals surface area contributed by atoms with Gasteiger partial charge in [0.2, 0.25) is 0 Å². The average Bonchev–Trinajstić information content (AvgIpc) is 2.59. The second-order valence-electron chi connectivity index (χ2n) is 5.14. The van der Waals surface area contributed by atoms with Gasteiger partial charge < -0.3 is 24.3 Å². The third-order valence-electron chi connectivity index (χ3n) is 3.60. The number of benzene rings is 1. The fourth-order valence-electron chi connectivity index (χ4n) is 2.39. The Balaban J connectivity index is 1.63. The molecule has 6 nitrogen and oxygen atoms in total. The van der Waals surface area contributed by atoms with Gasteiger partial charge in [-0.25, -0.2) is 0 Å². The van der Waals surface area contributed by atoms with Gasteiger partial charge in [-0.2, -0.15) is 0 Å². The molecule has 118 valence electrons. The Morgan fingerprint density at radius 2 is 2.32 bits per heavy atom. The van der Waals surface area contributed by atoms with Gasteiger partial charge in [-0.1, -0.05) is 0 Å². The Morgan fingerprint density at radius 1 is 1.41 bits per heavy atom. The molecule has 0 bridgehead atoms. The molecule has 1 N–H and O–H groups in total. The first-order valence-electron chi connectivity index (χ1n) is 7.25. The molecular weight excluding hydrogens is 286 g/mol. The molecule has 0 aliphatic carbocycles. The SMILES string of the molecule is COc1ccc2c(c1)C=C(C(=O)NCC1COCCO1)CO2. The maximum absolute atomic E-state index is 12.2. The van der Waals surface area contributed by atoms with Gasteiger partial charge in [-0.15, -0.1) is 0 Å². The fraction of sp³-hybridized carbons (Fsp3) is 0.438. The predicted molar refractivity (Wildman–Crippen MR) is 80.0 cm³/mol. The lowest BCUT2D eigenvalue weighted by molar-refractivity contribution is -0.120. The molecule has 2 aliphatic rings. The average molecular weight is 305 g/mol. The van der Waals surface area contributed by atoms with Crippen LogP contribution in [0.25, 0.3) is 6.08 Å². The van der Waals surface area contributed by atoms with Gasteiger partial charge >= 0.3 is 0 Å². The van der Waals surface area contributed by atoms with E-state index in [0.717, 1.165) is 17.1 Å². The van der Waals surface area contributed by atoms with E-state index in [4.69, 9.17) is 18.9 Å². The summed E-state index contributed by atoms with van der Waals surface area (Å²) in [5, 5.41) is 2.86. The van der Waals surface area contributed by atoms with Crippen LogP contribution in [0.5, 0.6) is 11.5 Å². The van der Waals surface area contributed by atoms with E-state index in [1.165, 1.54) is 0 Å². The van der Waals surface area contributed by atoms with Gasteiger partial charge in [0, 0.05) is 12.1 Å². The van der Waals surface area contributed by atoms with Gasteiger partial charge in [0.15, 0.2) is 0 Å². The minimum absolute atomic E-state index is 0.0878. The molecule has 1 unspecified atom stereocenters. The summed E-state index contributed by atoms with van der Waals surface area (Å²) in [7, 11) is 1.61. The molecule has 0 aromatic heterocycles. The Kier molecular flexibility index (Phi) is 4.60. The molecular formula is C16H19NO5. The second kappa shape index (κ2) is 6.81. The zero-order valence-corrected chi connectivity index (χ0v) is 12.5. The van der Waals surface area contributed by atoms with Crippen molar-refractivity contribution in [3.05, 3.63) is 29.3 Å². The van der Waals surface area contributed by atoms with Gasteiger partial charge in [0.25, 0.3) is 5.91 Å². The molecule has 3 rings (SSSR count). The highest BCUT2D eigenvalue weighted by Crippen LogP contribution is 2.29. The first kappa shape index (κ1) is 14.9. The molecule has 1 amide bonds. The van der Waals surface area contributed by atoms with E-state index in [2.05, 4.69) is 5.32 Å². The van der Waals surface area contributed by atoms with Crippen LogP contribution in [-0.4, -0.2) is 52.1 Å². The van der Waals surface area contributed by atoms with Crippen molar-refractivity contribution in [3.8, 4) is 11.5 Å². The largest absolute Gasteiger partial charge is 0.497 e. The van der Waals surface area contributed by atoms with E-state index < -0.39 is 0 Å². The Labute approximate surface area is 129 Å². The fourth-order valence-corrected chi connectivity index (χ4v) is 2.39. The molecule has 0 saturated carbocycles. The summed E-state index contributed by atoms with van der Waals surface area (Å²) in [6.07, 6.45) is 1.74. The predicted octanol–water partition coefficient (Wildman–Crippen LogP) is 1.00. The normalized spacial score (nSPS) is 20.4. The zero-order valence-electron chi connectivity index (χ0n) is 12.5. The van der Waals surface area contributed by atoms with Crippen molar-refractivity contribution in [3.63, 3.8) is 0 Å². The lowest BCUT2D eigenvalue weighted by atomic mass is 10.1. The highest BCUT2D eigenvalue weighted by molar-refractivity contribution is 5.99. The van der Waals surface area contributed by atoms with Crippen molar-refractivity contribution < 1.29 is 23.7 Å². The lowest BCUT2D eigenvalue weighted by Gasteiger charge is -2.24. The lowest BCUT2D eigenvalue weighted by Crippen LogP contribution is -2.40. The number of hydrogen-bond donors (Lipinski definition) is 1. The highest BCUT2D eigenvalue weighted by atomic mass is 16.6. The summed E-state index contributed by atoms with van der Waals surface area (Å²) >= 11 is 0. The molecule has 2 aliphatic heterocycles. The number of nitrogens with one attached hydrogen (secondary N) is 1. The number of amides is 1. The Morgan fingerprint density at radius 3 is 3.09 bits per heavy atom. The molecule has 1 saturated heterocycles. The number of rotatable bonds is 4. The molecule has 6 heteroatoms. The van der Waals surface area contributed by atoms with E-state index in [9.17, 15) is 4.79 Å². The standard InChI is InChI=1S/C16H19NO5/c1-19-13-2-3-15-11(7-13)6-12(9-22-15)16(18)17-8-14-10-20-4-5-21-14/h2-3,6-7,14H,4-5,8-10H2,1H3,(H,17,18). The van der Waals surface area contributed by atoms with Gasteiger partial charge in [-0.05, 0) is 24.3 Å². The molecule has 1 aromatic carbocycles. The number of carbonyl (C=O) groups is 1. The van der Waals surface area contributed by atoms with Crippen molar-refractivity contribution in [2.45, 2.75) is 6.10 Å². The molecule has 0 spiro atoms. The number of carbonyl (C=O) groups excluding carboxylic acids is 1. The van der Waals surface area contributed by atoms with E-state index >= 15 is 0 Å². The molecule has 1 atom stereocenters. The number of ether oxygens (including phenoxy) is 4. The summed E-state index contributed by atoms with van der Waals surface area (Å²) in [6, 6.07) is 5.52. The van der Waals surface area contributed by atoms with Crippen molar-refractivity contribution in [2.24, 2.45) is 0 Å². The Bertz CT molecular complexity index is 578. The summed E-state index contributed by atoms with van der Waals surface area (Å²) in [6.45, 7) is 2.38. The molecule has 0 radical (unpaired) electrons. The van der Waals surface area contributed by atoms with Gasteiger partial charge in [0.05, 0.1) is 38.6 Å². The monoisotopic (exact) mass is 305 g/mol. The van der Waals surface area contributed by atoms with Crippen LogP contribution in [0.2, 0.25) is 0 Å². The first-order valence-corrected chi connectivity index (χ1v) is 7.25. The van der Waals surface area contributed by atoms with Crippen molar-refractivity contribution >= 4 is 12.0 Å². The number of hydrogen-bond acceptors (Lipinski definition) is 5. The molecule has 1 aromatic rings. The summed E-state index contributed by atoms with van der Waals surface area (Å²) in [5.74, 6) is 1.33. The quantitative estimate of drug-likeness (QED) is 0.899. The van der Waals surface area contributed by atoms with E-state index in [1.54, 1.807) is 7.11 Å². The highest BCUT2D eigenvalue weighted by Gasteiger charge is 2.20. The Hall–Kier alpha value is -2.05. The van der Waals surface area contributed by atoms with Gasteiger partial charge in [0.1, 0.15) is 18.1 Å². The number of methoxy groups -OCH3 is 1. The molecule has 22 heavy (non-hydrogen) atoms. The first-order chi connectivity index (χ1) is 10.8.